The number of nitrogens with zero attached hydrogens (tertiary/aromatic N) is 2. The van der Waals surface area contributed by atoms with Crippen molar-refractivity contribution in [3.05, 3.63) is 23.2 Å². The van der Waals surface area contributed by atoms with Crippen LogP contribution < -0.4 is 0 Å². The zero-order valence-corrected chi connectivity index (χ0v) is 7.04. The van der Waals surface area contributed by atoms with Crippen LogP contribution in [0, 0.1) is 11.8 Å². The average molecular weight is 183 g/mol. The normalized spacial score (nSPS) is 8.83. The molecule has 1 aromatic heterocycles. The summed E-state index contributed by atoms with van der Waals surface area (Å²) in [4.78, 5) is 7.49. The van der Waals surface area contributed by atoms with Gasteiger partial charge in [-0.15, -0.1) is 0 Å². The molecular formula is C8H7ClN2O. The molecule has 0 spiro atoms. The van der Waals surface area contributed by atoms with Crippen molar-refractivity contribution < 1.29 is 5.11 Å². The molecule has 0 saturated heterocycles. The Hall–Kier alpha value is -1.11. The summed E-state index contributed by atoms with van der Waals surface area (Å²) in [5.41, 5.74) is 0.702. The second-order valence-electron chi connectivity index (χ2n) is 2.02. The van der Waals surface area contributed by atoms with Gasteiger partial charge in [-0.1, -0.05) is 11.8 Å². The predicted molar refractivity (Wildman–Crippen MR) is 45.6 cm³/mol. The maximum Gasteiger partial charge on any atom is 0.222 e. The highest BCUT2D eigenvalue weighted by atomic mass is 35.5. The van der Waals surface area contributed by atoms with E-state index in [4.69, 9.17) is 16.7 Å². The smallest absolute Gasteiger partial charge is 0.222 e. The van der Waals surface area contributed by atoms with Gasteiger partial charge in [0.15, 0.2) is 0 Å². The number of aliphatic hydroxyl groups is 1. The number of halogens is 1. The van der Waals surface area contributed by atoms with E-state index in [-0.39, 0.29) is 11.9 Å². The summed E-state index contributed by atoms with van der Waals surface area (Å²) in [5, 5.41) is 8.64. The van der Waals surface area contributed by atoms with Crippen LogP contribution in [0.2, 0.25) is 5.28 Å². The largest absolute Gasteiger partial charge is 0.395 e. The molecule has 62 valence electrons. The first-order chi connectivity index (χ1) is 5.83. The van der Waals surface area contributed by atoms with Gasteiger partial charge in [0.05, 0.1) is 12.2 Å². The quantitative estimate of drug-likeness (QED) is 0.518. The molecule has 1 aromatic rings. The third-order valence-electron chi connectivity index (χ3n) is 1.09. The predicted octanol–water partition coefficient (Wildman–Crippen LogP) is 0.864. The minimum atomic E-state index is 0.0709. The van der Waals surface area contributed by atoms with Crippen LogP contribution in [0.3, 0.4) is 0 Å². The van der Waals surface area contributed by atoms with Crippen molar-refractivity contribution in [2.45, 2.75) is 6.42 Å². The summed E-state index contributed by atoms with van der Waals surface area (Å²) in [5.74, 6) is 5.53. The monoisotopic (exact) mass is 182 g/mol. The van der Waals surface area contributed by atoms with E-state index in [1.807, 2.05) is 0 Å². The maximum absolute atomic E-state index is 8.43. The molecule has 0 radical (unpaired) electrons. The maximum atomic E-state index is 8.43. The van der Waals surface area contributed by atoms with E-state index >= 15 is 0 Å². The summed E-state index contributed by atoms with van der Waals surface area (Å²) in [6.07, 6.45) is 3.54. The third-order valence-corrected chi connectivity index (χ3v) is 1.29. The Balaban J connectivity index is 2.66. The Morgan fingerprint density at radius 3 is 2.67 bits per heavy atom. The van der Waals surface area contributed by atoms with Gasteiger partial charge in [-0.05, 0) is 11.6 Å². The van der Waals surface area contributed by atoms with Gasteiger partial charge in [-0.3, -0.25) is 0 Å². The third kappa shape index (κ3) is 2.87. The van der Waals surface area contributed by atoms with Crippen molar-refractivity contribution in [1.82, 2.24) is 9.97 Å². The van der Waals surface area contributed by atoms with Crippen molar-refractivity contribution in [3.63, 3.8) is 0 Å². The van der Waals surface area contributed by atoms with Crippen molar-refractivity contribution in [2.75, 3.05) is 6.61 Å². The summed E-state index contributed by atoms with van der Waals surface area (Å²) in [6, 6.07) is 0. The molecule has 0 aromatic carbocycles. The molecular weight excluding hydrogens is 176 g/mol. The zero-order chi connectivity index (χ0) is 8.81. The number of aromatic nitrogens is 2. The number of aliphatic hydroxyl groups excluding tert-OH is 1. The topological polar surface area (TPSA) is 46.0 Å². The lowest BCUT2D eigenvalue weighted by atomic mass is 10.3. The van der Waals surface area contributed by atoms with E-state index in [0.29, 0.717) is 12.0 Å². The van der Waals surface area contributed by atoms with E-state index in [2.05, 4.69) is 21.8 Å². The molecule has 0 saturated carbocycles. The van der Waals surface area contributed by atoms with E-state index < -0.39 is 0 Å². The molecule has 3 nitrogen and oxygen atoms in total. The van der Waals surface area contributed by atoms with Crippen molar-refractivity contribution >= 4 is 11.6 Å². The molecule has 0 aliphatic carbocycles. The molecule has 4 heteroatoms. The fourth-order valence-electron chi connectivity index (χ4n) is 0.597. The first kappa shape index (κ1) is 8.98. The standard InChI is InChI=1S/C8H7ClN2O/c9-8-10-5-7(6-11-8)3-1-2-4-12/h5-6,12H,2,4H2. The van der Waals surface area contributed by atoms with Crippen molar-refractivity contribution in [3.8, 4) is 11.8 Å². The Morgan fingerprint density at radius 1 is 1.42 bits per heavy atom. The molecule has 0 fully saturated rings. The van der Waals surface area contributed by atoms with Gasteiger partial charge in [-0.2, -0.15) is 0 Å². The zero-order valence-electron chi connectivity index (χ0n) is 6.29. The highest BCUT2D eigenvalue weighted by Gasteiger charge is 1.88. The molecule has 0 amide bonds. The second kappa shape index (κ2) is 4.70. The fraction of sp³-hybridized carbons (Fsp3) is 0.250. The number of hydrogen-bond acceptors (Lipinski definition) is 3. The Labute approximate surface area is 75.4 Å². The lowest BCUT2D eigenvalue weighted by molar-refractivity contribution is 0.305. The van der Waals surface area contributed by atoms with Gasteiger partial charge in [0.25, 0.3) is 0 Å². The van der Waals surface area contributed by atoms with Gasteiger partial charge < -0.3 is 5.11 Å². The van der Waals surface area contributed by atoms with E-state index in [1.54, 1.807) is 12.4 Å². The van der Waals surface area contributed by atoms with E-state index in [0.717, 1.165) is 0 Å². The first-order valence-electron chi connectivity index (χ1n) is 3.40. The van der Waals surface area contributed by atoms with Gasteiger partial charge >= 0.3 is 0 Å². The minimum absolute atomic E-state index is 0.0709. The first-order valence-corrected chi connectivity index (χ1v) is 3.78. The molecule has 0 aliphatic rings. The van der Waals surface area contributed by atoms with Crippen LogP contribution in [0.1, 0.15) is 12.0 Å². The molecule has 1 heterocycles. The van der Waals surface area contributed by atoms with E-state index in [9.17, 15) is 0 Å². The summed E-state index contributed by atoms with van der Waals surface area (Å²) >= 11 is 5.46. The highest BCUT2D eigenvalue weighted by Crippen LogP contribution is 1.98. The van der Waals surface area contributed by atoms with E-state index in [1.165, 1.54) is 0 Å². The van der Waals surface area contributed by atoms with Crippen LogP contribution in [-0.2, 0) is 0 Å². The fourth-order valence-corrected chi connectivity index (χ4v) is 0.695. The van der Waals surface area contributed by atoms with Crippen LogP contribution >= 0.6 is 11.6 Å². The molecule has 12 heavy (non-hydrogen) atoms. The second-order valence-corrected chi connectivity index (χ2v) is 2.35. The van der Waals surface area contributed by atoms with Crippen LogP contribution in [0.15, 0.2) is 12.4 Å². The minimum Gasteiger partial charge on any atom is -0.395 e. The lowest BCUT2D eigenvalue weighted by Gasteiger charge is -1.87. The van der Waals surface area contributed by atoms with Crippen molar-refractivity contribution in [2.24, 2.45) is 0 Å². The molecule has 0 aliphatic heterocycles. The Bertz CT molecular complexity index is 299. The van der Waals surface area contributed by atoms with Gasteiger partial charge in [0, 0.05) is 18.8 Å². The average Bonchev–Trinajstić information content (AvgIpc) is 2.09. The lowest BCUT2D eigenvalue weighted by Crippen LogP contribution is -1.83. The molecule has 0 unspecified atom stereocenters. The Morgan fingerprint density at radius 2 is 2.08 bits per heavy atom. The van der Waals surface area contributed by atoms with Crippen LogP contribution in [0.5, 0.6) is 0 Å². The molecule has 1 N–H and O–H groups in total. The molecule has 0 bridgehead atoms. The Kier molecular flexibility index (Phi) is 3.52. The van der Waals surface area contributed by atoms with Crippen LogP contribution in [0.4, 0.5) is 0 Å². The van der Waals surface area contributed by atoms with Crippen LogP contribution in [0.25, 0.3) is 0 Å². The SMILES string of the molecule is OCCC#Cc1cnc(Cl)nc1. The highest BCUT2D eigenvalue weighted by molar-refractivity contribution is 6.28. The van der Waals surface area contributed by atoms with Crippen molar-refractivity contribution in [1.29, 1.82) is 0 Å². The van der Waals surface area contributed by atoms with Crippen LogP contribution in [-0.4, -0.2) is 21.7 Å². The van der Waals surface area contributed by atoms with Gasteiger partial charge in [0.1, 0.15) is 0 Å². The van der Waals surface area contributed by atoms with Gasteiger partial charge in [0.2, 0.25) is 5.28 Å². The summed E-state index contributed by atoms with van der Waals surface area (Å²) in [6.45, 7) is 0.0709. The molecule has 1 rings (SSSR count). The summed E-state index contributed by atoms with van der Waals surface area (Å²) < 4.78 is 0. The molecule has 0 atom stereocenters. The summed E-state index contributed by atoms with van der Waals surface area (Å²) in [7, 11) is 0. The number of hydrogen-bond donors (Lipinski definition) is 1. The number of rotatable bonds is 1. The van der Waals surface area contributed by atoms with Gasteiger partial charge in [-0.25, -0.2) is 9.97 Å².